The zero-order chi connectivity index (χ0) is 16.5. The van der Waals surface area contributed by atoms with Gasteiger partial charge < -0.3 is 9.25 Å². The van der Waals surface area contributed by atoms with Gasteiger partial charge in [0.15, 0.2) is 0 Å². The number of benzene rings is 1. The van der Waals surface area contributed by atoms with Crippen molar-refractivity contribution in [1.82, 2.24) is 0 Å². The van der Waals surface area contributed by atoms with Gasteiger partial charge in [0.1, 0.15) is 17.3 Å². The highest BCUT2D eigenvalue weighted by atomic mass is 19.1. The lowest BCUT2D eigenvalue weighted by molar-refractivity contribution is 0.0515. The zero-order valence-electron chi connectivity index (χ0n) is 13.3. The van der Waals surface area contributed by atoms with Gasteiger partial charge in [-0.1, -0.05) is 5.16 Å². The van der Waals surface area contributed by atoms with Gasteiger partial charge in [0.2, 0.25) is 0 Å². The quantitative estimate of drug-likeness (QED) is 0.614. The summed E-state index contributed by atoms with van der Waals surface area (Å²) in [6.45, 7) is 0. The van der Waals surface area contributed by atoms with Gasteiger partial charge in [-0.05, 0) is 56.4 Å². The first-order valence-corrected chi connectivity index (χ1v) is 8.40. The molecular formula is C19H18FNO3. The third kappa shape index (κ3) is 2.75. The lowest BCUT2D eigenvalue weighted by Gasteiger charge is -2.15. The van der Waals surface area contributed by atoms with E-state index in [2.05, 4.69) is 5.16 Å². The molecule has 1 aromatic carbocycles. The molecule has 0 saturated carbocycles. The van der Waals surface area contributed by atoms with Crippen LogP contribution in [0.4, 0.5) is 4.39 Å². The van der Waals surface area contributed by atoms with Gasteiger partial charge in [0, 0.05) is 24.0 Å². The van der Waals surface area contributed by atoms with Crippen LogP contribution in [0.1, 0.15) is 58.7 Å². The molecule has 24 heavy (non-hydrogen) atoms. The van der Waals surface area contributed by atoms with E-state index in [9.17, 15) is 9.18 Å². The number of hydrogen-bond acceptors (Lipinski definition) is 4. The summed E-state index contributed by atoms with van der Waals surface area (Å²) in [5.41, 5.74) is 3.38. The first-order chi connectivity index (χ1) is 11.7. The van der Waals surface area contributed by atoms with Gasteiger partial charge in [-0.25, -0.2) is 9.18 Å². The summed E-state index contributed by atoms with van der Waals surface area (Å²) < 4.78 is 18.9. The van der Waals surface area contributed by atoms with Crippen LogP contribution in [-0.4, -0.2) is 11.7 Å². The third-order valence-electron chi connectivity index (χ3n) is 4.67. The molecule has 0 unspecified atom stereocenters. The van der Waals surface area contributed by atoms with Crippen molar-refractivity contribution in [2.24, 2.45) is 5.16 Å². The summed E-state index contributed by atoms with van der Waals surface area (Å²) in [5, 5.41) is 4.12. The van der Waals surface area contributed by atoms with Crippen LogP contribution in [0.2, 0.25) is 0 Å². The van der Waals surface area contributed by atoms with Gasteiger partial charge in [0.05, 0.1) is 11.3 Å². The second-order valence-electron chi connectivity index (χ2n) is 6.29. The molecule has 0 bridgehead atoms. The van der Waals surface area contributed by atoms with Crippen molar-refractivity contribution in [2.75, 3.05) is 0 Å². The van der Waals surface area contributed by atoms with Gasteiger partial charge in [0.25, 0.3) is 0 Å². The Bertz CT molecular complexity index is 805. The molecule has 4 nitrogen and oxygen atoms in total. The van der Waals surface area contributed by atoms with Crippen LogP contribution >= 0.6 is 0 Å². The minimum Gasteiger partial charge on any atom is -0.465 e. The first-order valence-electron chi connectivity index (χ1n) is 8.40. The standard InChI is InChI=1S/C19H18FNO3/c20-13-10-8-12(9-11-13)19(22)24-21-15-5-3-7-17-18(15)14-4-1-2-6-16(14)23-17/h8-11H,1-7H2/b21-15+. The molecule has 0 saturated heterocycles. The maximum atomic E-state index is 12.9. The van der Waals surface area contributed by atoms with Crippen LogP contribution in [0, 0.1) is 5.82 Å². The van der Waals surface area contributed by atoms with E-state index in [0.29, 0.717) is 0 Å². The Kier molecular flexibility index (Phi) is 3.92. The SMILES string of the molecule is O=C(O/N=C1\CCCc2oc3c(c21)CCCC3)c1ccc(F)cc1. The number of carbonyl (C=O) groups is 1. The van der Waals surface area contributed by atoms with Crippen molar-refractivity contribution >= 4 is 11.7 Å². The summed E-state index contributed by atoms with van der Waals surface area (Å²) in [7, 11) is 0. The van der Waals surface area contributed by atoms with Crippen molar-refractivity contribution in [3.63, 3.8) is 0 Å². The van der Waals surface area contributed by atoms with Gasteiger partial charge >= 0.3 is 5.97 Å². The summed E-state index contributed by atoms with van der Waals surface area (Å²) >= 11 is 0. The van der Waals surface area contributed by atoms with Gasteiger partial charge in [-0.2, -0.15) is 0 Å². The maximum Gasteiger partial charge on any atom is 0.365 e. The molecule has 2 aliphatic rings. The fourth-order valence-corrected chi connectivity index (χ4v) is 3.50. The summed E-state index contributed by atoms with van der Waals surface area (Å²) in [5.74, 6) is 1.09. The second kappa shape index (κ2) is 6.23. The fourth-order valence-electron chi connectivity index (χ4n) is 3.50. The van der Waals surface area contributed by atoms with E-state index in [-0.39, 0.29) is 11.4 Å². The topological polar surface area (TPSA) is 51.8 Å². The number of oxime groups is 1. The fraction of sp³-hybridized carbons (Fsp3) is 0.368. The number of rotatable bonds is 2. The Morgan fingerprint density at radius 3 is 2.58 bits per heavy atom. The first kappa shape index (κ1) is 15.1. The number of halogens is 1. The van der Waals surface area contributed by atoms with Crippen LogP contribution in [0.3, 0.4) is 0 Å². The largest absolute Gasteiger partial charge is 0.465 e. The molecule has 0 fully saturated rings. The molecule has 0 amide bonds. The average Bonchev–Trinajstić information content (AvgIpc) is 2.99. The minimum atomic E-state index is -0.577. The van der Waals surface area contributed by atoms with Crippen LogP contribution in [-0.2, 0) is 24.1 Å². The average molecular weight is 327 g/mol. The third-order valence-corrected chi connectivity index (χ3v) is 4.67. The molecule has 2 aliphatic carbocycles. The van der Waals surface area contributed by atoms with E-state index in [4.69, 9.17) is 9.25 Å². The lowest BCUT2D eigenvalue weighted by Crippen LogP contribution is -2.14. The van der Waals surface area contributed by atoms with Crippen molar-refractivity contribution in [2.45, 2.75) is 44.9 Å². The van der Waals surface area contributed by atoms with E-state index in [1.165, 1.54) is 29.8 Å². The number of aryl methyl sites for hydroxylation is 2. The molecule has 0 aliphatic heterocycles. The van der Waals surface area contributed by atoms with E-state index < -0.39 is 5.97 Å². The number of fused-ring (bicyclic) bond motifs is 3. The minimum absolute atomic E-state index is 0.283. The van der Waals surface area contributed by atoms with E-state index in [0.717, 1.165) is 67.7 Å². The Hall–Kier alpha value is -2.43. The van der Waals surface area contributed by atoms with Crippen LogP contribution < -0.4 is 0 Å². The molecule has 0 N–H and O–H groups in total. The Morgan fingerprint density at radius 2 is 1.75 bits per heavy atom. The summed E-state index contributed by atoms with van der Waals surface area (Å²) in [6.07, 6.45) is 6.91. The molecule has 1 heterocycles. The van der Waals surface area contributed by atoms with Crippen molar-refractivity contribution in [3.05, 3.63) is 58.3 Å². The second-order valence-corrected chi connectivity index (χ2v) is 6.29. The highest BCUT2D eigenvalue weighted by Crippen LogP contribution is 2.34. The van der Waals surface area contributed by atoms with E-state index in [1.807, 2.05) is 0 Å². The molecule has 124 valence electrons. The van der Waals surface area contributed by atoms with Gasteiger partial charge in [-0.3, -0.25) is 0 Å². The smallest absolute Gasteiger partial charge is 0.365 e. The molecule has 0 atom stereocenters. The number of carbonyl (C=O) groups excluding carboxylic acids is 1. The highest BCUT2D eigenvalue weighted by Gasteiger charge is 2.28. The Morgan fingerprint density at radius 1 is 1.00 bits per heavy atom. The van der Waals surface area contributed by atoms with E-state index in [1.54, 1.807) is 0 Å². The van der Waals surface area contributed by atoms with Crippen LogP contribution in [0.25, 0.3) is 0 Å². The highest BCUT2D eigenvalue weighted by molar-refractivity contribution is 6.04. The van der Waals surface area contributed by atoms with Crippen molar-refractivity contribution in [1.29, 1.82) is 0 Å². The molecule has 5 heteroatoms. The van der Waals surface area contributed by atoms with Crippen molar-refractivity contribution < 1.29 is 18.4 Å². The molecule has 0 radical (unpaired) electrons. The number of hydrogen-bond donors (Lipinski definition) is 0. The maximum absolute atomic E-state index is 12.9. The molecular weight excluding hydrogens is 309 g/mol. The Balaban J connectivity index is 1.59. The Labute approximate surface area is 139 Å². The van der Waals surface area contributed by atoms with Gasteiger partial charge in [-0.15, -0.1) is 0 Å². The summed E-state index contributed by atoms with van der Waals surface area (Å²) in [6, 6.07) is 5.25. The van der Waals surface area contributed by atoms with Crippen LogP contribution in [0.15, 0.2) is 33.8 Å². The van der Waals surface area contributed by atoms with E-state index >= 15 is 0 Å². The normalized spacial score (nSPS) is 18.1. The monoisotopic (exact) mass is 327 g/mol. The molecule has 4 rings (SSSR count). The number of furan rings is 1. The zero-order valence-corrected chi connectivity index (χ0v) is 13.3. The predicted molar refractivity (Wildman–Crippen MR) is 86.6 cm³/mol. The number of nitrogens with zero attached hydrogens (tertiary/aromatic N) is 1. The molecule has 1 aromatic heterocycles. The summed E-state index contributed by atoms with van der Waals surface area (Å²) in [4.78, 5) is 17.2. The van der Waals surface area contributed by atoms with Crippen molar-refractivity contribution in [3.8, 4) is 0 Å². The predicted octanol–water partition coefficient (Wildman–Crippen LogP) is 4.19. The lowest BCUT2D eigenvalue weighted by atomic mass is 9.88. The molecule has 2 aromatic rings. The van der Waals surface area contributed by atoms with Crippen LogP contribution in [0.5, 0.6) is 0 Å². The molecule has 0 spiro atoms.